The molecule has 0 saturated carbocycles. The molecule has 0 atom stereocenters. The number of carbonyl (C=O) groups excluding carboxylic acids is 3. The summed E-state index contributed by atoms with van der Waals surface area (Å²) >= 11 is 6.15. The van der Waals surface area contributed by atoms with Crippen molar-refractivity contribution in [3.05, 3.63) is 88.1 Å². The van der Waals surface area contributed by atoms with Crippen LogP contribution >= 0.6 is 11.6 Å². The van der Waals surface area contributed by atoms with Gasteiger partial charge < -0.3 is 20.1 Å². The smallest absolute Gasteiger partial charge is 0.328 e. The first-order valence-electron chi connectivity index (χ1n) is 12.2. The van der Waals surface area contributed by atoms with Crippen LogP contribution in [0.4, 0.5) is 5.69 Å². The van der Waals surface area contributed by atoms with Gasteiger partial charge in [-0.2, -0.15) is 0 Å². The molecule has 0 aliphatic carbocycles. The molecule has 10 heteroatoms. The first-order valence-corrected chi connectivity index (χ1v) is 12.6. The fourth-order valence-electron chi connectivity index (χ4n) is 4.25. The lowest BCUT2D eigenvalue weighted by Crippen LogP contribution is -2.40. The molecule has 1 aromatic heterocycles. The van der Waals surface area contributed by atoms with E-state index in [2.05, 4.69) is 16.1 Å². The Bertz CT molecular complexity index is 1540. The fourth-order valence-corrected chi connectivity index (χ4v) is 4.43. The molecule has 0 radical (unpaired) electrons. The third-order valence-electron chi connectivity index (χ3n) is 6.28. The van der Waals surface area contributed by atoms with E-state index in [4.69, 9.17) is 21.1 Å². The highest BCUT2D eigenvalue weighted by atomic mass is 35.5. The Hall–Kier alpha value is -4.50. The van der Waals surface area contributed by atoms with Crippen molar-refractivity contribution >= 4 is 45.9 Å². The van der Waals surface area contributed by atoms with Crippen molar-refractivity contribution in [2.24, 2.45) is 0 Å². The number of hydrogen-bond acceptors (Lipinski definition) is 5. The van der Waals surface area contributed by atoms with Crippen LogP contribution in [-0.4, -0.2) is 43.2 Å². The molecule has 1 heterocycles. The molecule has 39 heavy (non-hydrogen) atoms. The lowest BCUT2D eigenvalue weighted by molar-refractivity contribution is -0.136. The molecular weight excluding hydrogens is 520 g/mol. The number of halogens is 1. The third kappa shape index (κ3) is 6.15. The minimum absolute atomic E-state index is 0.140. The van der Waals surface area contributed by atoms with Gasteiger partial charge in [0.2, 0.25) is 0 Å². The zero-order valence-electron chi connectivity index (χ0n) is 22.1. The Balaban J connectivity index is 1.50. The summed E-state index contributed by atoms with van der Waals surface area (Å²) in [5, 5.41) is 6.63. The summed E-state index contributed by atoms with van der Waals surface area (Å²) in [6.07, 6.45) is 0.466. The maximum atomic E-state index is 13.3. The second kappa shape index (κ2) is 11.9. The van der Waals surface area contributed by atoms with Gasteiger partial charge in [-0.3, -0.25) is 19.8 Å². The quantitative estimate of drug-likeness (QED) is 0.278. The van der Waals surface area contributed by atoms with Gasteiger partial charge in [-0.05, 0) is 73.4 Å². The number of ether oxygens (including phenoxy) is 2. The fraction of sp³-hybridized carbons (Fsp3) is 0.207. The van der Waals surface area contributed by atoms with Crippen LogP contribution in [0.2, 0.25) is 5.02 Å². The zero-order chi connectivity index (χ0) is 28.1. The van der Waals surface area contributed by atoms with E-state index in [9.17, 15) is 14.4 Å². The molecule has 202 valence electrons. The average molecular weight is 549 g/mol. The van der Waals surface area contributed by atoms with Gasteiger partial charge in [0.25, 0.3) is 5.91 Å². The number of fused-ring (bicyclic) bond motifs is 1. The van der Waals surface area contributed by atoms with E-state index in [1.165, 1.54) is 4.68 Å². The standard InChI is InChI=1S/C29H29ClN4O5/c1-17-6-5-7-18(2)26(17)32-27(35)23-16-20-15-21(30)9-10-22(20)34(23)33-29(37)28(36)31-13-12-19-8-11-24(38-3)25(14-19)39-4/h5-11,14-16H,12-13H2,1-4H3,(H,31,36)(H,32,35)(H,33,37). The predicted octanol–water partition coefficient (Wildman–Crippen LogP) is 4.61. The van der Waals surface area contributed by atoms with Crippen LogP contribution in [0.25, 0.3) is 10.9 Å². The Morgan fingerprint density at radius 3 is 2.28 bits per heavy atom. The van der Waals surface area contributed by atoms with Crippen molar-refractivity contribution in [2.75, 3.05) is 31.5 Å². The van der Waals surface area contributed by atoms with E-state index in [1.807, 2.05) is 44.2 Å². The molecule has 0 spiro atoms. The zero-order valence-corrected chi connectivity index (χ0v) is 22.8. The summed E-state index contributed by atoms with van der Waals surface area (Å²) in [6.45, 7) is 4.00. The molecular formula is C29H29ClN4O5. The number of para-hydroxylation sites is 1. The average Bonchev–Trinajstić information content (AvgIpc) is 3.27. The number of anilines is 1. The molecule has 4 aromatic rings. The van der Waals surface area contributed by atoms with E-state index < -0.39 is 17.7 Å². The molecule has 3 N–H and O–H groups in total. The molecule has 0 fully saturated rings. The van der Waals surface area contributed by atoms with Crippen LogP contribution in [0.5, 0.6) is 11.5 Å². The molecule has 3 amide bonds. The van der Waals surface area contributed by atoms with Gasteiger partial charge in [-0.25, -0.2) is 4.68 Å². The van der Waals surface area contributed by atoms with Gasteiger partial charge in [-0.15, -0.1) is 0 Å². The van der Waals surface area contributed by atoms with Crippen LogP contribution in [-0.2, 0) is 16.0 Å². The van der Waals surface area contributed by atoms with E-state index >= 15 is 0 Å². The van der Waals surface area contributed by atoms with Gasteiger partial charge in [0, 0.05) is 22.6 Å². The summed E-state index contributed by atoms with van der Waals surface area (Å²) < 4.78 is 11.8. The van der Waals surface area contributed by atoms with Crippen LogP contribution < -0.4 is 25.5 Å². The molecule has 0 aliphatic heterocycles. The minimum atomic E-state index is -0.920. The van der Waals surface area contributed by atoms with Crippen LogP contribution in [0.1, 0.15) is 27.2 Å². The molecule has 3 aromatic carbocycles. The Morgan fingerprint density at radius 2 is 1.59 bits per heavy atom. The number of aryl methyl sites for hydroxylation is 2. The highest BCUT2D eigenvalue weighted by Crippen LogP contribution is 2.28. The summed E-state index contributed by atoms with van der Waals surface area (Å²) in [6, 6.07) is 17.7. The summed E-state index contributed by atoms with van der Waals surface area (Å²) in [7, 11) is 3.10. The third-order valence-corrected chi connectivity index (χ3v) is 6.52. The first kappa shape index (κ1) is 27.5. The SMILES string of the molecule is COc1ccc(CCNC(=O)C(=O)Nn2c(C(=O)Nc3c(C)cccc3C)cc3cc(Cl)ccc32)cc1OC. The first-order chi connectivity index (χ1) is 18.7. The summed E-state index contributed by atoms with van der Waals surface area (Å²) in [5.74, 6) is -1.04. The van der Waals surface area contributed by atoms with Crippen LogP contribution in [0.15, 0.2) is 60.7 Å². The summed E-state index contributed by atoms with van der Waals surface area (Å²) in [4.78, 5) is 38.8. The number of nitrogens with one attached hydrogen (secondary N) is 3. The van der Waals surface area contributed by atoms with E-state index in [-0.39, 0.29) is 12.2 Å². The van der Waals surface area contributed by atoms with Crippen molar-refractivity contribution in [3.8, 4) is 11.5 Å². The molecule has 0 aliphatic rings. The Morgan fingerprint density at radius 1 is 0.872 bits per heavy atom. The Kier molecular flexibility index (Phi) is 8.41. The second-order valence-corrected chi connectivity index (χ2v) is 9.36. The molecule has 9 nitrogen and oxygen atoms in total. The van der Waals surface area contributed by atoms with Gasteiger partial charge in [0.15, 0.2) is 11.5 Å². The molecule has 4 rings (SSSR count). The number of hydrogen-bond donors (Lipinski definition) is 3. The molecule has 0 bridgehead atoms. The van der Waals surface area contributed by atoms with Crippen molar-refractivity contribution < 1.29 is 23.9 Å². The van der Waals surface area contributed by atoms with E-state index in [0.717, 1.165) is 16.7 Å². The molecule has 0 saturated heterocycles. The normalized spacial score (nSPS) is 10.7. The van der Waals surface area contributed by atoms with E-state index in [1.54, 1.807) is 44.6 Å². The van der Waals surface area contributed by atoms with Crippen LogP contribution in [0, 0.1) is 13.8 Å². The number of carbonyl (C=O) groups is 3. The highest BCUT2D eigenvalue weighted by molar-refractivity contribution is 6.38. The van der Waals surface area contributed by atoms with Crippen molar-refractivity contribution in [1.82, 2.24) is 9.99 Å². The lowest BCUT2D eigenvalue weighted by atomic mass is 10.1. The van der Waals surface area contributed by atoms with Crippen LogP contribution in [0.3, 0.4) is 0 Å². The van der Waals surface area contributed by atoms with Crippen molar-refractivity contribution in [2.45, 2.75) is 20.3 Å². The van der Waals surface area contributed by atoms with E-state index in [0.29, 0.717) is 39.5 Å². The second-order valence-electron chi connectivity index (χ2n) is 8.93. The number of rotatable bonds is 8. The largest absolute Gasteiger partial charge is 0.493 e. The minimum Gasteiger partial charge on any atom is -0.493 e. The predicted molar refractivity (Wildman–Crippen MR) is 151 cm³/mol. The highest BCUT2D eigenvalue weighted by Gasteiger charge is 2.22. The lowest BCUT2D eigenvalue weighted by Gasteiger charge is -2.15. The number of aromatic nitrogens is 1. The topological polar surface area (TPSA) is 111 Å². The van der Waals surface area contributed by atoms with Gasteiger partial charge in [-0.1, -0.05) is 35.9 Å². The molecule has 0 unspecified atom stereocenters. The Labute approximate surface area is 231 Å². The number of nitrogens with zero attached hydrogens (tertiary/aromatic N) is 1. The van der Waals surface area contributed by atoms with Gasteiger partial charge in [0.1, 0.15) is 5.69 Å². The monoisotopic (exact) mass is 548 g/mol. The maximum absolute atomic E-state index is 13.3. The number of benzene rings is 3. The number of methoxy groups -OCH3 is 2. The number of amides is 3. The van der Waals surface area contributed by atoms with Gasteiger partial charge >= 0.3 is 11.8 Å². The maximum Gasteiger partial charge on any atom is 0.328 e. The van der Waals surface area contributed by atoms with Crippen molar-refractivity contribution in [1.29, 1.82) is 0 Å². The van der Waals surface area contributed by atoms with Gasteiger partial charge in [0.05, 0.1) is 19.7 Å². The van der Waals surface area contributed by atoms with Crippen molar-refractivity contribution in [3.63, 3.8) is 0 Å². The summed E-state index contributed by atoms with van der Waals surface area (Å²) in [5.41, 5.74) is 6.57.